The molecule has 0 bridgehead atoms. The third-order valence-electron chi connectivity index (χ3n) is 2.63. The summed E-state index contributed by atoms with van der Waals surface area (Å²) in [7, 11) is 1.63. The van der Waals surface area contributed by atoms with Crippen molar-refractivity contribution in [1.29, 1.82) is 0 Å². The van der Waals surface area contributed by atoms with E-state index in [0.717, 1.165) is 36.0 Å². The second kappa shape index (κ2) is 4.07. The second-order valence-corrected chi connectivity index (χ2v) is 3.92. The molecule has 15 heavy (non-hydrogen) atoms. The van der Waals surface area contributed by atoms with E-state index in [9.17, 15) is 4.79 Å². The van der Waals surface area contributed by atoms with Crippen LogP contribution in [0.3, 0.4) is 0 Å². The first-order chi connectivity index (χ1) is 7.26. The van der Waals surface area contributed by atoms with Crippen molar-refractivity contribution in [3.05, 3.63) is 34.4 Å². The van der Waals surface area contributed by atoms with Gasteiger partial charge in [-0.1, -0.05) is 17.7 Å². The summed E-state index contributed by atoms with van der Waals surface area (Å²) >= 11 is 6.00. The summed E-state index contributed by atoms with van der Waals surface area (Å²) < 4.78 is 5.14. The molecule has 1 aromatic rings. The number of aryl methyl sites for hydroxylation is 1. The van der Waals surface area contributed by atoms with Gasteiger partial charge in [-0.15, -0.1) is 0 Å². The summed E-state index contributed by atoms with van der Waals surface area (Å²) in [6.45, 7) is 0. The lowest BCUT2D eigenvalue weighted by Crippen LogP contribution is -2.03. The fourth-order valence-electron chi connectivity index (χ4n) is 1.82. The minimum absolute atomic E-state index is 0.612. The van der Waals surface area contributed by atoms with Crippen LogP contribution in [0.15, 0.2) is 23.2 Å². The molecular weight excluding hydrogens is 212 g/mol. The Balaban J connectivity index is 2.54. The molecule has 0 spiro atoms. The summed E-state index contributed by atoms with van der Waals surface area (Å²) in [6.07, 6.45) is 2.42. The summed E-state index contributed by atoms with van der Waals surface area (Å²) in [5.41, 5.74) is 2.67. The van der Waals surface area contributed by atoms with Crippen LogP contribution in [0.4, 0.5) is 0 Å². The highest BCUT2D eigenvalue weighted by atomic mass is 35.5. The number of carbonyl (C=O) groups excluding carboxylic acids is 1. The lowest BCUT2D eigenvalue weighted by atomic mass is 9.91. The minimum atomic E-state index is 0.612. The van der Waals surface area contributed by atoms with Crippen LogP contribution in [0, 0.1) is 0 Å². The maximum Gasteiger partial charge on any atom is 0.151 e. The van der Waals surface area contributed by atoms with Crippen LogP contribution < -0.4 is 4.74 Å². The molecule has 0 fully saturated rings. The number of ether oxygens (including phenoxy) is 1. The van der Waals surface area contributed by atoms with Crippen molar-refractivity contribution in [2.75, 3.05) is 7.11 Å². The lowest BCUT2D eigenvalue weighted by molar-refractivity contribution is -0.103. The fraction of sp³-hybridized carbons (Fsp3) is 0.250. The van der Waals surface area contributed by atoms with E-state index in [1.807, 2.05) is 18.2 Å². The van der Waals surface area contributed by atoms with Crippen LogP contribution in [-0.4, -0.2) is 13.4 Å². The fourth-order valence-corrected chi connectivity index (χ4v) is 2.06. The number of allylic oxidation sites excluding steroid dienone is 2. The number of fused-ring (bicyclic) bond motifs is 1. The van der Waals surface area contributed by atoms with Crippen LogP contribution in [0.1, 0.15) is 17.5 Å². The van der Waals surface area contributed by atoms with E-state index in [0.29, 0.717) is 10.6 Å². The summed E-state index contributed by atoms with van der Waals surface area (Å²) in [6, 6.07) is 5.69. The van der Waals surface area contributed by atoms with Gasteiger partial charge in [-0.2, -0.15) is 0 Å². The van der Waals surface area contributed by atoms with Crippen molar-refractivity contribution >= 4 is 23.5 Å². The van der Waals surface area contributed by atoms with Crippen LogP contribution in [-0.2, 0) is 11.2 Å². The van der Waals surface area contributed by atoms with Crippen LogP contribution in [0.25, 0.3) is 5.57 Å². The minimum Gasteiger partial charge on any atom is -0.497 e. The molecule has 78 valence electrons. The Morgan fingerprint density at radius 1 is 1.40 bits per heavy atom. The molecule has 0 amide bonds. The molecule has 2 nitrogen and oxygen atoms in total. The normalized spacial score (nSPS) is 14.8. The van der Waals surface area contributed by atoms with E-state index in [4.69, 9.17) is 16.3 Å². The number of benzene rings is 1. The van der Waals surface area contributed by atoms with Crippen molar-refractivity contribution in [2.45, 2.75) is 12.8 Å². The maximum atomic E-state index is 10.9. The van der Waals surface area contributed by atoms with Gasteiger partial charge >= 0.3 is 0 Å². The molecule has 1 aliphatic rings. The molecule has 1 aromatic carbocycles. The highest BCUT2D eigenvalue weighted by Gasteiger charge is 2.17. The van der Waals surface area contributed by atoms with E-state index in [2.05, 4.69) is 0 Å². The van der Waals surface area contributed by atoms with Gasteiger partial charge < -0.3 is 4.74 Å². The molecule has 1 aliphatic carbocycles. The van der Waals surface area contributed by atoms with Gasteiger partial charge in [-0.3, -0.25) is 4.79 Å². The van der Waals surface area contributed by atoms with Gasteiger partial charge in [-0.05, 0) is 36.1 Å². The second-order valence-electron chi connectivity index (χ2n) is 3.46. The Labute approximate surface area is 93.5 Å². The van der Waals surface area contributed by atoms with Crippen LogP contribution in [0.5, 0.6) is 5.75 Å². The third-order valence-corrected chi connectivity index (χ3v) is 3.02. The Kier molecular flexibility index (Phi) is 2.78. The zero-order valence-electron chi connectivity index (χ0n) is 8.42. The van der Waals surface area contributed by atoms with Crippen molar-refractivity contribution < 1.29 is 9.53 Å². The summed E-state index contributed by atoms with van der Waals surface area (Å²) in [5.74, 6) is 0.817. The van der Waals surface area contributed by atoms with Crippen LogP contribution in [0.2, 0.25) is 0 Å². The first-order valence-corrected chi connectivity index (χ1v) is 5.15. The third kappa shape index (κ3) is 1.77. The Hall–Kier alpha value is -1.28. The number of aldehydes is 1. The van der Waals surface area contributed by atoms with Crippen molar-refractivity contribution in [3.8, 4) is 5.75 Å². The molecule has 0 N–H and O–H groups in total. The largest absolute Gasteiger partial charge is 0.497 e. The monoisotopic (exact) mass is 222 g/mol. The molecule has 0 radical (unpaired) electrons. The Morgan fingerprint density at radius 2 is 2.20 bits per heavy atom. The smallest absolute Gasteiger partial charge is 0.151 e. The number of hydrogen-bond donors (Lipinski definition) is 0. The van der Waals surface area contributed by atoms with Gasteiger partial charge in [-0.25, -0.2) is 0 Å². The number of hydrogen-bond acceptors (Lipinski definition) is 2. The first kappa shape index (κ1) is 10.2. The maximum absolute atomic E-state index is 10.9. The van der Waals surface area contributed by atoms with Gasteiger partial charge in [0.15, 0.2) is 6.29 Å². The molecule has 0 atom stereocenters. The Morgan fingerprint density at radius 3 is 2.87 bits per heavy atom. The molecular formula is C12H11ClO2. The average Bonchev–Trinajstić information content (AvgIpc) is 2.28. The predicted octanol–water partition coefficient (Wildman–Crippen LogP) is 2.79. The van der Waals surface area contributed by atoms with Gasteiger partial charge in [0.25, 0.3) is 0 Å². The number of methoxy groups -OCH3 is 1. The van der Waals surface area contributed by atoms with Crippen molar-refractivity contribution in [3.63, 3.8) is 0 Å². The van der Waals surface area contributed by atoms with E-state index < -0.39 is 0 Å². The summed E-state index contributed by atoms with van der Waals surface area (Å²) in [4.78, 5) is 10.9. The zero-order valence-corrected chi connectivity index (χ0v) is 9.17. The van der Waals surface area contributed by atoms with E-state index in [1.165, 1.54) is 0 Å². The van der Waals surface area contributed by atoms with Gasteiger partial charge in [0.05, 0.1) is 7.11 Å². The quantitative estimate of drug-likeness (QED) is 0.720. The number of halogens is 1. The Bertz CT molecular complexity index is 435. The van der Waals surface area contributed by atoms with Gasteiger partial charge in [0.1, 0.15) is 5.75 Å². The van der Waals surface area contributed by atoms with E-state index in [1.54, 1.807) is 7.11 Å². The summed E-state index contributed by atoms with van der Waals surface area (Å²) in [5, 5.41) is 0.655. The molecule has 0 aromatic heterocycles. The SMILES string of the molecule is COc1ccc2c(c1)CCC(Cl)=C2C=O. The zero-order chi connectivity index (χ0) is 10.8. The average molecular weight is 223 g/mol. The van der Waals surface area contributed by atoms with Crippen molar-refractivity contribution in [1.82, 2.24) is 0 Å². The molecule has 0 saturated heterocycles. The van der Waals surface area contributed by atoms with E-state index in [-0.39, 0.29) is 0 Å². The topological polar surface area (TPSA) is 26.3 Å². The standard InChI is InChI=1S/C12H11ClO2/c1-15-9-3-4-10-8(6-9)2-5-12(13)11(10)7-14/h3-4,6-7H,2,5H2,1H3. The highest BCUT2D eigenvalue weighted by molar-refractivity contribution is 6.37. The lowest BCUT2D eigenvalue weighted by Gasteiger charge is -2.17. The van der Waals surface area contributed by atoms with Crippen molar-refractivity contribution in [2.24, 2.45) is 0 Å². The first-order valence-electron chi connectivity index (χ1n) is 4.77. The molecule has 0 aliphatic heterocycles. The highest BCUT2D eigenvalue weighted by Crippen LogP contribution is 2.33. The van der Waals surface area contributed by atoms with Crippen LogP contribution >= 0.6 is 11.6 Å². The van der Waals surface area contributed by atoms with Gasteiger partial charge in [0, 0.05) is 10.6 Å². The predicted molar refractivity (Wildman–Crippen MR) is 60.2 cm³/mol. The molecule has 0 heterocycles. The number of carbonyl (C=O) groups is 1. The molecule has 0 saturated carbocycles. The van der Waals surface area contributed by atoms with Gasteiger partial charge in [0.2, 0.25) is 0 Å². The molecule has 0 unspecified atom stereocenters. The van der Waals surface area contributed by atoms with E-state index >= 15 is 0 Å². The number of rotatable bonds is 2. The molecule has 2 rings (SSSR count). The molecule has 3 heteroatoms.